The summed E-state index contributed by atoms with van der Waals surface area (Å²) in [6, 6.07) is 8.06. The fourth-order valence-corrected chi connectivity index (χ4v) is 3.31. The zero-order valence-corrected chi connectivity index (χ0v) is 13.0. The van der Waals surface area contributed by atoms with E-state index in [0.29, 0.717) is 25.8 Å². The van der Waals surface area contributed by atoms with Gasteiger partial charge in [-0.15, -0.1) is 0 Å². The number of hydrogen-bond acceptors (Lipinski definition) is 3. The summed E-state index contributed by atoms with van der Waals surface area (Å²) in [5.41, 5.74) is 0.964. The Morgan fingerprint density at radius 3 is 2.82 bits per heavy atom. The topological polar surface area (TPSA) is 67.2 Å². The molecule has 0 saturated heterocycles. The summed E-state index contributed by atoms with van der Waals surface area (Å²) in [5, 5.41) is 13.1. The standard InChI is InChI=1S/C17H23N3O2/c1-2-20-14-8-4-3-7-13(14)19-15(20)9-12-18-16(21)17(22)10-5-6-11-17/h3-4,7-8,22H,2,5-6,9-12H2,1H3,(H,18,21). The number of rotatable bonds is 5. The Balaban J connectivity index is 1.65. The van der Waals surface area contributed by atoms with Crippen LogP contribution in [0.1, 0.15) is 38.4 Å². The number of nitrogens with one attached hydrogen (secondary N) is 1. The zero-order valence-electron chi connectivity index (χ0n) is 13.0. The second-order valence-corrected chi connectivity index (χ2v) is 6.01. The van der Waals surface area contributed by atoms with Gasteiger partial charge in [0.2, 0.25) is 0 Å². The van der Waals surface area contributed by atoms with Gasteiger partial charge in [0.1, 0.15) is 11.4 Å². The first-order valence-corrected chi connectivity index (χ1v) is 8.09. The number of amides is 1. The van der Waals surface area contributed by atoms with Crippen molar-refractivity contribution in [3.8, 4) is 0 Å². The number of para-hydroxylation sites is 2. The van der Waals surface area contributed by atoms with Gasteiger partial charge < -0.3 is 15.0 Å². The summed E-state index contributed by atoms with van der Waals surface area (Å²) in [6.45, 7) is 3.45. The Labute approximate surface area is 130 Å². The maximum Gasteiger partial charge on any atom is 0.251 e. The van der Waals surface area contributed by atoms with E-state index in [9.17, 15) is 9.90 Å². The van der Waals surface area contributed by atoms with Crippen LogP contribution < -0.4 is 5.32 Å². The van der Waals surface area contributed by atoms with E-state index in [1.54, 1.807) is 0 Å². The quantitative estimate of drug-likeness (QED) is 0.888. The lowest BCUT2D eigenvalue weighted by atomic mass is 10.0. The predicted molar refractivity (Wildman–Crippen MR) is 85.5 cm³/mol. The minimum absolute atomic E-state index is 0.232. The Morgan fingerprint density at radius 2 is 2.09 bits per heavy atom. The number of fused-ring (bicyclic) bond motifs is 1. The van der Waals surface area contributed by atoms with E-state index < -0.39 is 5.60 Å². The highest BCUT2D eigenvalue weighted by Gasteiger charge is 2.38. The summed E-state index contributed by atoms with van der Waals surface area (Å²) in [7, 11) is 0. The maximum atomic E-state index is 12.1. The monoisotopic (exact) mass is 301 g/mol. The largest absolute Gasteiger partial charge is 0.380 e. The molecule has 0 unspecified atom stereocenters. The van der Waals surface area contributed by atoms with Gasteiger partial charge in [-0.05, 0) is 44.7 Å². The highest BCUT2D eigenvalue weighted by Crippen LogP contribution is 2.29. The smallest absolute Gasteiger partial charge is 0.251 e. The molecule has 1 heterocycles. The summed E-state index contributed by atoms with van der Waals surface area (Å²) in [6.07, 6.45) is 3.67. The average molecular weight is 301 g/mol. The van der Waals surface area contributed by atoms with Crippen LogP contribution in [0.4, 0.5) is 0 Å². The zero-order chi connectivity index (χ0) is 15.6. The molecule has 1 aromatic heterocycles. The van der Waals surface area contributed by atoms with Crippen molar-refractivity contribution in [2.45, 2.75) is 51.2 Å². The molecule has 0 bridgehead atoms. The first kappa shape index (κ1) is 15.0. The molecular weight excluding hydrogens is 278 g/mol. The number of imidazole rings is 1. The summed E-state index contributed by atoms with van der Waals surface area (Å²) < 4.78 is 2.17. The molecule has 1 aliphatic rings. The molecule has 1 amide bonds. The van der Waals surface area contributed by atoms with Crippen molar-refractivity contribution in [2.75, 3.05) is 6.54 Å². The van der Waals surface area contributed by atoms with Crippen LogP contribution in [-0.2, 0) is 17.8 Å². The van der Waals surface area contributed by atoms with Crippen LogP contribution in [-0.4, -0.2) is 32.7 Å². The minimum atomic E-state index is -1.15. The van der Waals surface area contributed by atoms with E-state index >= 15 is 0 Å². The Hall–Kier alpha value is -1.88. The second kappa shape index (κ2) is 6.08. The average Bonchev–Trinajstić information content (AvgIpc) is 3.11. The van der Waals surface area contributed by atoms with Crippen LogP contribution in [0, 0.1) is 0 Å². The number of nitrogens with zero attached hydrogens (tertiary/aromatic N) is 2. The number of hydrogen-bond donors (Lipinski definition) is 2. The fourth-order valence-electron chi connectivity index (χ4n) is 3.31. The molecule has 0 spiro atoms. The molecule has 3 rings (SSSR count). The van der Waals surface area contributed by atoms with Gasteiger partial charge in [-0.2, -0.15) is 0 Å². The van der Waals surface area contributed by atoms with Crippen LogP contribution in [0.15, 0.2) is 24.3 Å². The third-order valence-corrected chi connectivity index (χ3v) is 4.54. The van der Waals surface area contributed by atoms with Crippen molar-refractivity contribution in [3.05, 3.63) is 30.1 Å². The molecule has 5 heteroatoms. The van der Waals surface area contributed by atoms with Crippen molar-refractivity contribution in [2.24, 2.45) is 0 Å². The van der Waals surface area contributed by atoms with E-state index in [2.05, 4.69) is 27.9 Å². The molecule has 1 saturated carbocycles. The lowest BCUT2D eigenvalue weighted by Gasteiger charge is -2.20. The van der Waals surface area contributed by atoms with Crippen LogP contribution in [0.2, 0.25) is 0 Å². The van der Waals surface area contributed by atoms with E-state index in [1.807, 2.05) is 18.2 Å². The molecular formula is C17H23N3O2. The molecule has 5 nitrogen and oxygen atoms in total. The van der Waals surface area contributed by atoms with Crippen molar-refractivity contribution in [1.29, 1.82) is 0 Å². The Kier molecular flexibility index (Phi) is 4.16. The lowest BCUT2D eigenvalue weighted by Crippen LogP contribution is -2.45. The second-order valence-electron chi connectivity index (χ2n) is 6.01. The Morgan fingerprint density at radius 1 is 1.36 bits per heavy atom. The molecule has 0 aliphatic heterocycles. The fraction of sp³-hybridized carbons (Fsp3) is 0.529. The number of carbonyl (C=O) groups is 1. The predicted octanol–water partition coefficient (Wildman–Crippen LogP) is 2.02. The van der Waals surface area contributed by atoms with Gasteiger partial charge in [0, 0.05) is 19.5 Å². The van der Waals surface area contributed by atoms with Gasteiger partial charge in [0.15, 0.2) is 0 Å². The summed E-state index contributed by atoms with van der Waals surface area (Å²) >= 11 is 0. The van der Waals surface area contributed by atoms with Crippen molar-refractivity contribution in [1.82, 2.24) is 14.9 Å². The summed E-state index contributed by atoms with van der Waals surface area (Å²) in [4.78, 5) is 16.7. The van der Waals surface area contributed by atoms with E-state index in [-0.39, 0.29) is 5.91 Å². The van der Waals surface area contributed by atoms with E-state index in [0.717, 1.165) is 36.2 Å². The van der Waals surface area contributed by atoms with E-state index in [1.165, 1.54) is 0 Å². The van der Waals surface area contributed by atoms with Gasteiger partial charge in [-0.25, -0.2) is 4.98 Å². The Bertz CT molecular complexity index is 672. The van der Waals surface area contributed by atoms with Crippen molar-refractivity contribution in [3.63, 3.8) is 0 Å². The minimum Gasteiger partial charge on any atom is -0.380 e. The number of benzene rings is 1. The molecule has 118 valence electrons. The maximum absolute atomic E-state index is 12.1. The van der Waals surface area contributed by atoms with Gasteiger partial charge >= 0.3 is 0 Å². The number of aliphatic hydroxyl groups is 1. The molecule has 2 aromatic rings. The molecule has 0 radical (unpaired) electrons. The normalized spacial score (nSPS) is 17.0. The van der Waals surface area contributed by atoms with Gasteiger partial charge in [-0.3, -0.25) is 4.79 Å². The number of aromatic nitrogens is 2. The third-order valence-electron chi connectivity index (χ3n) is 4.54. The van der Waals surface area contributed by atoms with Crippen LogP contribution >= 0.6 is 0 Å². The molecule has 1 aliphatic carbocycles. The van der Waals surface area contributed by atoms with Crippen molar-refractivity contribution >= 4 is 16.9 Å². The van der Waals surface area contributed by atoms with Crippen LogP contribution in [0.25, 0.3) is 11.0 Å². The van der Waals surface area contributed by atoms with Crippen molar-refractivity contribution < 1.29 is 9.90 Å². The highest BCUT2D eigenvalue weighted by atomic mass is 16.3. The SMILES string of the molecule is CCn1c(CCNC(=O)C2(O)CCCC2)nc2ccccc21. The highest BCUT2D eigenvalue weighted by molar-refractivity contribution is 5.85. The summed E-state index contributed by atoms with van der Waals surface area (Å²) in [5.74, 6) is 0.742. The first-order valence-electron chi connectivity index (χ1n) is 8.09. The van der Waals surface area contributed by atoms with Gasteiger partial charge in [0.05, 0.1) is 11.0 Å². The van der Waals surface area contributed by atoms with Crippen LogP contribution in [0.5, 0.6) is 0 Å². The van der Waals surface area contributed by atoms with Gasteiger partial charge in [-0.1, -0.05) is 12.1 Å². The molecule has 0 atom stereocenters. The lowest BCUT2D eigenvalue weighted by molar-refractivity contribution is -0.139. The molecule has 2 N–H and O–H groups in total. The molecule has 1 fully saturated rings. The number of carbonyl (C=O) groups excluding carboxylic acids is 1. The van der Waals surface area contributed by atoms with E-state index in [4.69, 9.17) is 0 Å². The van der Waals surface area contributed by atoms with Crippen LogP contribution in [0.3, 0.4) is 0 Å². The molecule has 22 heavy (non-hydrogen) atoms. The number of aryl methyl sites for hydroxylation is 1. The first-order chi connectivity index (χ1) is 10.6. The van der Waals surface area contributed by atoms with Gasteiger partial charge in [0.25, 0.3) is 5.91 Å². The molecule has 1 aromatic carbocycles. The third kappa shape index (κ3) is 2.73.